The fraction of sp³-hybridized carbons (Fsp3) is 0.889. The molecule has 0 aromatic carbocycles. The summed E-state index contributed by atoms with van der Waals surface area (Å²) in [4.78, 5) is 11.6. The Hall–Kier alpha value is -0.220. The van der Waals surface area contributed by atoms with Crippen molar-refractivity contribution in [2.75, 3.05) is 19.0 Å². The average Bonchev–Trinajstić information content (AvgIpc) is 2.74. The summed E-state index contributed by atoms with van der Waals surface area (Å²) in [6.07, 6.45) is 3.21. The van der Waals surface area contributed by atoms with E-state index >= 15 is 0 Å². The predicted molar refractivity (Wildman–Crippen MR) is 52.8 cm³/mol. The van der Waals surface area contributed by atoms with Gasteiger partial charge in [0.1, 0.15) is 0 Å². The highest BCUT2D eigenvalue weighted by Gasteiger charge is 2.26. The van der Waals surface area contributed by atoms with Crippen LogP contribution >= 0.6 is 11.8 Å². The molecule has 0 aromatic heterocycles. The number of carbonyl (C=O) groups is 1. The molecule has 2 aliphatic rings. The highest BCUT2D eigenvalue weighted by atomic mass is 32.2. The Morgan fingerprint density at radius 3 is 3.00 bits per heavy atom. The third-order valence-electron chi connectivity index (χ3n) is 2.50. The van der Waals surface area contributed by atoms with Crippen molar-refractivity contribution in [2.45, 2.75) is 30.6 Å². The van der Waals surface area contributed by atoms with Crippen molar-refractivity contribution < 1.29 is 9.53 Å². The molecule has 2 saturated heterocycles. The van der Waals surface area contributed by atoms with Gasteiger partial charge in [0.2, 0.25) is 5.91 Å². The molecule has 0 aromatic rings. The molecule has 4 heteroatoms. The zero-order valence-electron chi connectivity index (χ0n) is 7.62. The summed E-state index contributed by atoms with van der Waals surface area (Å²) in [5.41, 5.74) is 0. The minimum atomic E-state index is 0.209. The molecule has 2 fully saturated rings. The monoisotopic (exact) mass is 201 g/mol. The highest BCUT2D eigenvalue weighted by Crippen LogP contribution is 2.26. The van der Waals surface area contributed by atoms with Gasteiger partial charge in [-0.15, -0.1) is 11.8 Å². The van der Waals surface area contributed by atoms with E-state index in [1.54, 1.807) is 11.8 Å². The molecule has 0 saturated carbocycles. The maximum absolute atomic E-state index is 11.6. The van der Waals surface area contributed by atoms with E-state index in [1.165, 1.54) is 6.42 Å². The van der Waals surface area contributed by atoms with E-state index in [4.69, 9.17) is 4.74 Å². The smallest absolute Gasteiger partial charge is 0.233 e. The van der Waals surface area contributed by atoms with Crippen LogP contribution in [0, 0.1) is 0 Å². The van der Waals surface area contributed by atoms with Crippen LogP contribution in [0.25, 0.3) is 0 Å². The van der Waals surface area contributed by atoms with Crippen LogP contribution in [0.5, 0.6) is 0 Å². The molecule has 0 spiro atoms. The van der Waals surface area contributed by atoms with Gasteiger partial charge in [-0.2, -0.15) is 0 Å². The van der Waals surface area contributed by atoms with Crippen molar-refractivity contribution in [2.24, 2.45) is 0 Å². The topological polar surface area (TPSA) is 38.3 Å². The number of hydrogen-bond donors (Lipinski definition) is 1. The van der Waals surface area contributed by atoms with Gasteiger partial charge in [0, 0.05) is 6.61 Å². The molecule has 13 heavy (non-hydrogen) atoms. The summed E-state index contributed by atoms with van der Waals surface area (Å²) >= 11 is 1.78. The molecule has 2 rings (SSSR count). The van der Waals surface area contributed by atoms with Crippen LogP contribution < -0.4 is 5.32 Å². The van der Waals surface area contributed by atoms with E-state index in [2.05, 4.69) is 5.32 Å². The number of nitrogens with one attached hydrogen (secondary N) is 1. The molecule has 2 unspecified atom stereocenters. The lowest BCUT2D eigenvalue weighted by molar-refractivity contribution is -0.121. The first-order valence-electron chi connectivity index (χ1n) is 4.86. The summed E-state index contributed by atoms with van der Waals surface area (Å²) in [6, 6.07) is 0.272. The average molecular weight is 201 g/mol. The third kappa shape index (κ3) is 2.38. The number of rotatable bonds is 2. The second-order valence-corrected chi connectivity index (χ2v) is 4.88. The lowest BCUT2D eigenvalue weighted by Crippen LogP contribution is -2.39. The zero-order valence-corrected chi connectivity index (χ0v) is 8.44. The van der Waals surface area contributed by atoms with Crippen LogP contribution in [0.3, 0.4) is 0 Å². The number of thioether (sulfide) groups is 1. The minimum absolute atomic E-state index is 0.209. The molecular weight excluding hydrogens is 186 g/mol. The van der Waals surface area contributed by atoms with E-state index in [9.17, 15) is 4.79 Å². The van der Waals surface area contributed by atoms with Gasteiger partial charge in [-0.3, -0.25) is 4.79 Å². The fourth-order valence-electron chi connectivity index (χ4n) is 1.73. The maximum Gasteiger partial charge on any atom is 0.233 e. The van der Waals surface area contributed by atoms with Crippen LogP contribution in [0.15, 0.2) is 0 Å². The second kappa shape index (κ2) is 4.33. The minimum Gasteiger partial charge on any atom is -0.379 e. The van der Waals surface area contributed by atoms with Gasteiger partial charge < -0.3 is 10.1 Å². The summed E-state index contributed by atoms with van der Waals surface area (Å²) in [5, 5.41) is 3.24. The summed E-state index contributed by atoms with van der Waals surface area (Å²) < 4.78 is 5.20. The quantitative estimate of drug-likeness (QED) is 0.717. The number of carbonyl (C=O) groups excluding carboxylic acids is 1. The Bertz CT molecular complexity index is 186. The Labute approximate surface area is 82.6 Å². The third-order valence-corrected chi connectivity index (χ3v) is 3.87. The predicted octanol–water partition coefficient (Wildman–Crippen LogP) is 0.787. The standard InChI is InChI=1S/C9H15NO2S/c11-9(8-2-1-5-13-8)10-7-3-4-12-6-7/h7-8H,1-6H2,(H,10,11). The van der Waals surface area contributed by atoms with Crippen molar-refractivity contribution in [3.05, 3.63) is 0 Å². The van der Waals surface area contributed by atoms with Crippen molar-refractivity contribution >= 4 is 17.7 Å². The lowest BCUT2D eigenvalue weighted by Gasteiger charge is -2.13. The number of amides is 1. The Morgan fingerprint density at radius 1 is 1.46 bits per heavy atom. The highest BCUT2D eigenvalue weighted by molar-refractivity contribution is 8.00. The van der Waals surface area contributed by atoms with E-state index in [-0.39, 0.29) is 17.2 Å². The van der Waals surface area contributed by atoms with E-state index in [1.807, 2.05) is 0 Å². The molecule has 2 heterocycles. The van der Waals surface area contributed by atoms with E-state index in [0.717, 1.165) is 25.2 Å². The molecule has 0 radical (unpaired) electrons. The van der Waals surface area contributed by atoms with Crippen LogP contribution in [-0.2, 0) is 9.53 Å². The number of ether oxygens (including phenoxy) is 1. The van der Waals surface area contributed by atoms with Crippen molar-refractivity contribution in [1.29, 1.82) is 0 Å². The molecule has 0 bridgehead atoms. The van der Waals surface area contributed by atoms with Crippen LogP contribution in [0.1, 0.15) is 19.3 Å². The molecule has 1 N–H and O–H groups in total. The van der Waals surface area contributed by atoms with Crippen molar-refractivity contribution in [1.82, 2.24) is 5.32 Å². The summed E-state index contributed by atoms with van der Waals surface area (Å²) in [6.45, 7) is 1.49. The summed E-state index contributed by atoms with van der Waals surface area (Å²) in [5.74, 6) is 1.36. The Kier molecular flexibility index (Phi) is 3.11. The first-order chi connectivity index (χ1) is 6.36. The van der Waals surface area contributed by atoms with Crippen LogP contribution in [-0.4, -0.2) is 36.2 Å². The van der Waals surface area contributed by atoms with Gasteiger partial charge >= 0.3 is 0 Å². The van der Waals surface area contributed by atoms with Gasteiger partial charge in [-0.05, 0) is 25.0 Å². The first kappa shape index (κ1) is 9.34. The fourth-order valence-corrected chi connectivity index (χ4v) is 2.90. The van der Waals surface area contributed by atoms with Gasteiger partial charge in [0.15, 0.2) is 0 Å². The Balaban J connectivity index is 1.76. The molecule has 2 aliphatic heterocycles. The molecule has 1 amide bonds. The van der Waals surface area contributed by atoms with E-state index < -0.39 is 0 Å². The zero-order chi connectivity index (χ0) is 9.10. The second-order valence-electron chi connectivity index (χ2n) is 3.57. The van der Waals surface area contributed by atoms with Crippen molar-refractivity contribution in [3.8, 4) is 0 Å². The lowest BCUT2D eigenvalue weighted by atomic mass is 10.2. The number of hydrogen-bond acceptors (Lipinski definition) is 3. The molecule has 74 valence electrons. The molecule has 2 atom stereocenters. The Morgan fingerprint density at radius 2 is 2.38 bits per heavy atom. The SMILES string of the molecule is O=C(NC1CCOC1)C1CCCS1. The molecular formula is C9H15NO2S. The maximum atomic E-state index is 11.6. The van der Waals surface area contributed by atoms with Gasteiger partial charge in [-0.25, -0.2) is 0 Å². The normalized spacial score (nSPS) is 33.5. The van der Waals surface area contributed by atoms with Crippen LogP contribution in [0.4, 0.5) is 0 Å². The van der Waals surface area contributed by atoms with Gasteiger partial charge in [0.05, 0.1) is 17.9 Å². The summed E-state index contributed by atoms with van der Waals surface area (Å²) in [7, 11) is 0. The first-order valence-corrected chi connectivity index (χ1v) is 5.91. The van der Waals surface area contributed by atoms with Crippen molar-refractivity contribution in [3.63, 3.8) is 0 Å². The largest absolute Gasteiger partial charge is 0.379 e. The molecule has 0 aliphatic carbocycles. The molecule has 3 nitrogen and oxygen atoms in total. The van der Waals surface area contributed by atoms with Crippen LogP contribution in [0.2, 0.25) is 0 Å². The van der Waals surface area contributed by atoms with E-state index in [0.29, 0.717) is 6.61 Å². The van der Waals surface area contributed by atoms with Gasteiger partial charge in [0.25, 0.3) is 0 Å². The van der Waals surface area contributed by atoms with Gasteiger partial charge in [-0.1, -0.05) is 0 Å².